The van der Waals surface area contributed by atoms with Crippen LogP contribution in [-0.4, -0.2) is 27.7 Å². The zero-order valence-corrected chi connectivity index (χ0v) is 13.9. The van der Waals surface area contributed by atoms with Gasteiger partial charge in [-0.1, -0.05) is 13.0 Å². The summed E-state index contributed by atoms with van der Waals surface area (Å²) in [5.41, 5.74) is 2.38. The Morgan fingerprint density at radius 1 is 1.16 bits per heavy atom. The SMILES string of the molecule is CCC(=O)c1ccc(OCC(=O)NCc2cnc3ccccn23)cc1. The van der Waals surface area contributed by atoms with Gasteiger partial charge < -0.3 is 14.5 Å². The summed E-state index contributed by atoms with van der Waals surface area (Å²) in [6.07, 6.45) is 4.10. The van der Waals surface area contributed by atoms with Crippen LogP contribution in [0.3, 0.4) is 0 Å². The third-order valence-corrected chi connectivity index (χ3v) is 3.83. The highest BCUT2D eigenvalue weighted by Crippen LogP contribution is 2.13. The number of amides is 1. The van der Waals surface area contributed by atoms with E-state index in [1.807, 2.05) is 35.7 Å². The van der Waals surface area contributed by atoms with Crippen LogP contribution >= 0.6 is 0 Å². The van der Waals surface area contributed by atoms with Gasteiger partial charge in [-0.15, -0.1) is 0 Å². The van der Waals surface area contributed by atoms with Crippen LogP contribution in [0.25, 0.3) is 5.65 Å². The first-order valence-electron chi connectivity index (χ1n) is 8.11. The first-order chi connectivity index (χ1) is 12.2. The summed E-state index contributed by atoms with van der Waals surface area (Å²) in [7, 11) is 0. The van der Waals surface area contributed by atoms with Crippen molar-refractivity contribution in [3.63, 3.8) is 0 Å². The highest BCUT2D eigenvalue weighted by atomic mass is 16.5. The lowest BCUT2D eigenvalue weighted by Crippen LogP contribution is -2.28. The monoisotopic (exact) mass is 337 g/mol. The van der Waals surface area contributed by atoms with E-state index in [1.165, 1.54) is 0 Å². The quantitative estimate of drug-likeness (QED) is 0.673. The molecule has 0 aliphatic rings. The van der Waals surface area contributed by atoms with Crippen LogP contribution in [0.5, 0.6) is 5.75 Å². The van der Waals surface area contributed by atoms with E-state index in [0.717, 1.165) is 11.3 Å². The van der Waals surface area contributed by atoms with E-state index in [4.69, 9.17) is 4.74 Å². The van der Waals surface area contributed by atoms with Crippen molar-refractivity contribution in [2.24, 2.45) is 0 Å². The van der Waals surface area contributed by atoms with Crippen molar-refractivity contribution in [2.75, 3.05) is 6.61 Å². The van der Waals surface area contributed by atoms with Crippen LogP contribution in [0.2, 0.25) is 0 Å². The van der Waals surface area contributed by atoms with Crippen molar-refractivity contribution < 1.29 is 14.3 Å². The average molecular weight is 337 g/mol. The molecule has 1 aromatic carbocycles. The molecule has 0 spiro atoms. The van der Waals surface area contributed by atoms with Crippen LogP contribution in [0.15, 0.2) is 54.9 Å². The molecule has 6 nitrogen and oxygen atoms in total. The predicted octanol–water partition coefficient (Wildman–Crippen LogP) is 2.62. The number of benzene rings is 1. The molecule has 25 heavy (non-hydrogen) atoms. The summed E-state index contributed by atoms with van der Waals surface area (Å²) in [6, 6.07) is 12.5. The molecular formula is C19H19N3O3. The molecule has 1 N–H and O–H groups in total. The molecule has 0 aliphatic carbocycles. The van der Waals surface area contributed by atoms with E-state index < -0.39 is 0 Å². The number of Topliss-reactive ketones (excluding diaryl/α,β-unsaturated/α-hetero) is 1. The Bertz CT molecular complexity index is 884. The predicted molar refractivity (Wildman–Crippen MR) is 93.6 cm³/mol. The van der Waals surface area contributed by atoms with Crippen molar-refractivity contribution in [3.05, 3.63) is 66.1 Å². The number of hydrogen-bond acceptors (Lipinski definition) is 4. The second-order valence-corrected chi connectivity index (χ2v) is 5.54. The van der Waals surface area contributed by atoms with Gasteiger partial charge in [-0.2, -0.15) is 0 Å². The second kappa shape index (κ2) is 7.61. The molecule has 0 fully saturated rings. The lowest BCUT2D eigenvalue weighted by molar-refractivity contribution is -0.123. The lowest BCUT2D eigenvalue weighted by atomic mass is 10.1. The second-order valence-electron chi connectivity index (χ2n) is 5.54. The Kier molecular flexibility index (Phi) is 5.09. The number of ketones is 1. The van der Waals surface area contributed by atoms with Gasteiger partial charge in [-0.3, -0.25) is 9.59 Å². The number of aromatic nitrogens is 2. The molecule has 6 heteroatoms. The molecule has 1 amide bonds. The molecule has 0 radical (unpaired) electrons. The van der Waals surface area contributed by atoms with Gasteiger partial charge in [-0.25, -0.2) is 4.98 Å². The molecule has 128 valence electrons. The summed E-state index contributed by atoms with van der Waals surface area (Å²) in [5.74, 6) is 0.412. The van der Waals surface area contributed by atoms with Crippen LogP contribution in [-0.2, 0) is 11.3 Å². The fourth-order valence-corrected chi connectivity index (χ4v) is 2.45. The van der Waals surface area contributed by atoms with Crippen LogP contribution in [0, 0.1) is 0 Å². The standard InChI is InChI=1S/C19H19N3O3/c1-2-17(23)14-6-8-16(9-7-14)25-13-19(24)21-12-15-11-20-18-5-3-4-10-22(15)18/h3-11H,2,12-13H2,1H3,(H,21,24). The van der Waals surface area contributed by atoms with Gasteiger partial charge in [-0.05, 0) is 36.4 Å². The molecule has 2 aromatic heterocycles. The van der Waals surface area contributed by atoms with E-state index in [-0.39, 0.29) is 18.3 Å². The Hall–Kier alpha value is -3.15. The maximum absolute atomic E-state index is 11.9. The largest absolute Gasteiger partial charge is 0.484 e. The summed E-state index contributed by atoms with van der Waals surface area (Å²) < 4.78 is 7.37. The maximum Gasteiger partial charge on any atom is 0.258 e. The van der Waals surface area contributed by atoms with Gasteiger partial charge in [0.05, 0.1) is 18.4 Å². The van der Waals surface area contributed by atoms with E-state index in [2.05, 4.69) is 10.3 Å². The zero-order chi connectivity index (χ0) is 17.6. The number of carbonyl (C=O) groups excluding carboxylic acids is 2. The molecule has 0 unspecified atom stereocenters. The van der Waals surface area contributed by atoms with Crippen molar-refractivity contribution in [3.8, 4) is 5.75 Å². The fourth-order valence-electron chi connectivity index (χ4n) is 2.45. The fraction of sp³-hybridized carbons (Fsp3) is 0.211. The number of hydrogen-bond donors (Lipinski definition) is 1. The van der Waals surface area contributed by atoms with E-state index in [0.29, 0.717) is 24.3 Å². The summed E-state index contributed by atoms with van der Waals surface area (Å²) >= 11 is 0. The van der Waals surface area contributed by atoms with Crippen LogP contribution < -0.4 is 10.1 Å². The van der Waals surface area contributed by atoms with Crippen molar-refractivity contribution >= 4 is 17.3 Å². The third-order valence-electron chi connectivity index (χ3n) is 3.83. The number of nitrogens with one attached hydrogen (secondary N) is 1. The zero-order valence-electron chi connectivity index (χ0n) is 13.9. The molecule has 0 bridgehead atoms. The molecule has 3 rings (SSSR count). The molecular weight excluding hydrogens is 318 g/mol. The van der Waals surface area contributed by atoms with Gasteiger partial charge >= 0.3 is 0 Å². The first kappa shape index (κ1) is 16.7. The first-order valence-corrected chi connectivity index (χ1v) is 8.11. The van der Waals surface area contributed by atoms with Crippen molar-refractivity contribution in [1.29, 1.82) is 0 Å². The third kappa shape index (κ3) is 4.03. The summed E-state index contributed by atoms with van der Waals surface area (Å²) in [5, 5.41) is 2.81. The maximum atomic E-state index is 11.9. The number of imidazole rings is 1. The Labute approximate surface area is 145 Å². The lowest BCUT2D eigenvalue weighted by Gasteiger charge is -2.08. The highest BCUT2D eigenvalue weighted by Gasteiger charge is 2.07. The summed E-state index contributed by atoms with van der Waals surface area (Å²) in [6.45, 7) is 2.11. The molecule has 0 aliphatic heterocycles. The number of pyridine rings is 1. The minimum absolute atomic E-state index is 0.0809. The number of nitrogens with zero attached hydrogens (tertiary/aromatic N) is 2. The van der Waals surface area contributed by atoms with Crippen LogP contribution in [0.4, 0.5) is 0 Å². The van der Waals surface area contributed by atoms with Gasteiger partial charge in [0.2, 0.25) is 0 Å². The van der Waals surface area contributed by atoms with Gasteiger partial charge in [0.1, 0.15) is 11.4 Å². The molecule has 0 saturated heterocycles. The molecule has 3 aromatic rings. The molecule has 0 saturated carbocycles. The minimum atomic E-state index is -0.223. The summed E-state index contributed by atoms with van der Waals surface area (Å²) in [4.78, 5) is 27.8. The molecule has 2 heterocycles. The Morgan fingerprint density at radius 3 is 2.72 bits per heavy atom. The van der Waals surface area contributed by atoms with E-state index in [1.54, 1.807) is 30.5 Å². The van der Waals surface area contributed by atoms with Gasteiger partial charge in [0, 0.05) is 18.2 Å². The average Bonchev–Trinajstić information content (AvgIpc) is 3.07. The van der Waals surface area contributed by atoms with Crippen molar-refractivity contribution in [2.45, 2.75) is 19.9 Å². The Balaban J connectivity index is 1.50. The van der Waals surface area contributed by atoms with Crippen LogP contribution in [0.1, 0.15) is 29.4 Å². The molecule has 0 atom stereocenters. The van der Waals surface area contributed by atoms with Crippen molar-refractivity contribution in [1.82, 2.24) is 14.7 Å². The topological polar surface area (TPSA) is 72.7 Å². The number of rotatable bonds is 7. The van der Waals surface area contributed by atoms with Gasteiger partial charge in [0.25, 0.3) is 5.91 Å². The Morgan fingerprint density at radius 2 is 1.96 bits per heavy atom. The van der Waals surface area contributed by atoms with E-state index >= 15 is 0 Å². The van der Waals surface area contributed by atoms with E-state index in [9.17, 15) is 9.59 Å². The highest BCUT2D eigenvalue weighted by molar-refractivity contribution is 5.95. The number of fused-ring (bicyclic) bond motifs is 1. The number of ether oxygens (including phenoxy) is 1. The van der Waals surface area contributed by atoms with Gasteiger partial charge in [0.15, 0.2) is 12.4 Å². The smallest absolute Gasteiger partial charge is 0.258 e. The normalized spacial score (nSPS) is 10.6. The number of carbonyl (C=O) groups is 2. The minimum Gasteiger partial charge on any atom is -0.484 e.